The summed E-state index contributed by atoms with van der Waals surface area (Å²) in [6, 6.07) is 20.5. The van der Waals surface area contributed by atoms with E-state index in [-0.39, 0.29) is 0 Å². The van der Waals surface area contributed by atoms with E-state index in [2.05, 4.69) is 29.4 Å². The van der Waals surface area contributed by atoms with Crippen molar-refractivity contribution in [1.29, 1.82) is 0 Å². The van der Waals surface area contributed by atoms with Crippen molar-refractivity contribution in [2.75, 3.05) is 33.1 Å². The highest BCUT2D eigenvalue weighted by atomic mass is 32.4. The smallest absolute Gasteiger partial charge is 0.204 e. The number of hydrogen-bond acceptors (Lipinski definition) is 5. The number of hydrazone groups is 1. The lowest BCUT2D eigenvalue weighted by atomic mass is 10.4. The Kier molecular flexibility index (Phi) is 5.83. The van der Waals surface area contributed by atoms with Crippen molar-refractivity contribution in [3.63, 3.8) is 0 Å². The lowest BCUT2D eigenvalue weighted by Crippen LogP contribution is -2.27. The lowest BCUT2D eigenvalue weighted by Gasteiger charge is -2.25. The summed E-state index contributed by atoms with van der Waals surface area (Å²) in [6.45, 7) is 0. The molecule has 0 N–H and O–H groups in total. The summed E-state index contributed by atoms with van der Waals surface area (Å²) in [5.41, 5.74) is 0. The molecule has 3 rings (SSSR count). The second kappa shape index (κ2) is 8.12. The first-order chi connectivity index (χ1) is 12.9. The molecule has 0 amide bonds. The Morgan fingerprint density at radius 1 is 0.889 bits per heavy atom. The number of hydrogen-bond donors (Lipinski definition) is 0. The van der Waals surface area contributed by atoms with Gasteiger partial charge in [0.2, 0.25) is 5.88 Å². The molecule has 27 heavy (non-hydrogen) atoms. The Bertz CT molecular complexity index is 922. The Balaban J connectivity index is 2.26. The molecule has 0 spiro atoms. The monoisotopic (exact) mass is 397 g/mol. The Hall–Kier alpha value is -2.36. The van der Waals surface area contributed by atoms with Gasteiger partial charge in [-0.2, -0.15) is 5.10 Å². The Labute approximate surface area is 166 Å². The van der Waals surface area contributed by atoms with Gasteiger partial charge in [-0.3, -0.25) is 0 Å². The topological polar surface area (TPSA) is 32.0 Å². The minimum Gasteiger partial charge on any atom is -0.439 e. The second-order valence-electron chi connectivity index (χ2n) is 6.61. The molecule has 0 saturated carbocycles. The minimum absolute atomic E-state index is 0.698. The fraction of sp³-hybridized carbons (Fsp3) is 0.190. The van der Waals surface area contributed by atoms with E-state index in [1.54, 1.807) is 11.2 Å². The van der Waals surface area contributed by atoms with Crippen LogP contribution in [0.1, 0.15) is 5.76 Å². The second-order valence-corrected chi connectivity index (χ2v) is 11.0. The van der Waals surface area contributed by atoms with Crippen LogP contribution in [0.5, 0.6) is 0 Å². The van der Waals surface area contributed by atoms with Crippen molar-refractivity contribution < 1.29 is 4.42 Å². The average molecular weight is 397 g/mol. The maximum absolute atomic E-state index is 6.43. The third-order valence-corrected chi connectivity index (χ3v) is 9.02. The lowest BCUT2D eigenvalue weighted by molar-refractivity contribution is 0.438. The van der Waals surface area contributed by atoms with E-state index < -0.39 is 6.04 Å². The molecular formula is C21H24N3OPS. The third kappa shape index (κ3) is 4.00. The summed E-state index contributed by atoms with van der Waals surface area (Å²) in [5.74, 6) is 1.48. The van der Waals surface area contributed by atoms with E-state index >= 15 is 0 Å². The van der Waals surface area contributed by atoms with E-state index in [0.717, 1.165) is 21.8 Å². The molecule has 0 saturated heterocycles. The van der Waals surface area contributed by atoms with E-state index in [1.165, 1.54) is 0 Å². The SMILES string of the molecule is CN(C)N=Cc1cc(P(=S)(c2ccccc2)c2ccccc2)c(N(C)C)o1. The summed E-state index contributed by atoms with van der Waals surface area (Å²) in [6.07, 6.45) is 1.73. The summed E-state index contributed by atoms with van der Waals surface area (Å²) < 4.78 is 6.13. The van der Waals surface area contributed by atoms with Crippen LogP contribution in [0.15, 0.2) is 76.2 Å². The highest BCUT2D eigenvalue weighted by molar-refractivity contribution is 8.25. The highest BCUT2D eigenvalue weighted by Gasteiger charge is 2.31. The van der Waals surface area contributed by atoms with Gasteiger partial charge in [0.1, 0.15) is 5.76 Å². The minimum atomic E-state index is -2.27. The van der Waals surface area contributed by atoms with Gasteiger partial charge in [-0.15, -0.1) is 0 Å². The number of rotatable bonds is 6. The van der Waals surface area contributed by atoms with Gasteiger partial charge in [0.25, 0.3) is 0 Å². The van der Waals surface area contributed by atoms with Crippen molar-refractivity contribution in [1.82, 2.24) is 5.01 Å². The first-order valence-electron chi connectivity index (χ1n) is 8.67. The molecule has 2 aromatic carbocycles. The number of benzene rings is 2. The van der Waals surface area contributed by atoms with Crippen LogP contribution >= 0.6 is 6.04 Å². The van der Waals surface area contributed by atoms with Crippen molar-refractivity contribution in [2.45, 2.75) is 0 Å². The van der Waals surface area contributed by atoms with Gasteiger partial charge in [-0.1, -0.05) is 72.5 Å². The zero-order chi connectivity index (χ0) is 19.4. The Morgan fingerprint density at radius 3 is 1.85 bits per heavy atom. The maximum Gasteiger partial charge on any atom is 0.204 e. The van der Waals surface area contributed by atoms with Gasteiger partial charge in [0.05, 0.1) is 11.5 Å². The molecule has 0 radical (unpaired) electrons. The van der Waals surface area contributed by atoms with Gasteiger partial charge >= 0.3 is 0 Å². The first-order valence-corrected chi connectivity index (χ1v) is 11.5. The third-order valence-electron chi connectivity index (χ3n) is 4.11. The molecule has 140 valence electrons. The molecule has 6 heteroatoms. The number of nitrogens with zero attached hydrogens (tertiary/aromatic N) is 3. The summed E-state index contributed by atoms with van der Waals surface area (Å²) in [7, 11) is 7.72. The van der Waals surface area contributed by atoms with Gasteiger partial charge in [0, 0.05) is 34.2 Å². The van der Waals surface area contributed by atoms with E-state index in [1.807, 2.05) is 75.6 Å². The fourth-order valence-electron chi connectivity index (χ4n) is 2.87. The van der Waals surface area contributed by atoms with Crippen LogP contribution in [-0.2, 0) is 11.8 Å². The quantitative estimate of drug-likeness (QED) is 0.364. The molecule has 0 atom stereocenters. The van der Waals surface area contributed by atoms with Gasteiger partial charge in [0.15, 0.2) is 0 Å². The van der Waals surface area contributed by atoms with Crippen LogP contribution in [0.3, 0.4) is 0 Å². The molecule has 0 bridgehead atoms. The van der Waals surface area contributed by atoms with E-state index in [9.17, 15) is 0 Å². The molecule has 4 nitrogen and oxygen atoms in total. The van der Waals surface area contributed by atoms with E-state index in [0.29, 0.717) is 5.76 Å². The molecule has 3 aromatic rings. The van der Waals surface area contributed by atoms with Gasteiger partial charge < -0.3 is 14.3 Å². The molecule has 1 heterocycles. The van der Waals surface area contributed by atoms with Gasteiger partial charge in [-0.05, 0) is 16.7 Å². The van der Waals surface area contributed by atoms with Gasteiger partial charge in [-0.25, -0.2) is 0 Å². The maximum atomic E-state index is 6.43. The van der Waals surface area contributed by atoms with Crippen LogP contribution in [0, 0.1) is 0 Å². The first kappa shape index (κ1) is 19.4. The molecule has 0 aliphatic rings. The normalized spacial score (nSPS) is 11.7. The summed E-state index contributed by atoms with van der Waals surface area (Å²) >= 11 is 6.43. The fourth-order valence-corrected chi connectivity index (χ4v) is 6.86. The number of furan rings is 1. The van der Waals surface area contributed by atoms with Crippen LogP contribution < -0.4 is 20.8 Å². The molecule has 0 aliphatic heterocycles. The molecular weight excluding hydrogens is 373 g/mol. The molecule has 0 unspecified atom stereocenters. The van der Waals surface area contributed by atoms with Crippen molar-refractivity contribution in [2.24, 2.45) is 5.10 Å². The van der Waals surface area contributed by atoms with Crippen LogP contribution in [0.4, 0.5) is 5.88 Å². The van der Waals surface area contributed by atoms with E-state index in [4.69, 9.17) is 16.2 Å². The average Bonchev–Trinajstić information content (AvgIpc) is 3.12. The van der Waals surface area contributed by atoms with Crippen LogP contribution in [0.25, 0.3) is 0 Å². The predicted octanol–water partition coefficient (Wildman–Crippen LogP) is 3.00. The number of anilines is 1. The molecule has 1 aromatic heterocycles. The zero-order valence-corrected chi connectivity index (χ0v) is 17.7. The van der Waals surface area contributed by atoms with Crippen molar-refractivity contribution in [3.8, 4) is 0 Å². The van der Waals surface area contributed by atoms with Crippen molar-refractivity contribution in [3.05, 3.63) is 72.5 Å². The van der Waals surface area contributed by atoms with Crippen LogP contribution in [0.2, 0.25) is 0 Å². The highest BCUT2D eigenvalue weighted by Crippen LogP contribution is 2.46. The van der Waals surface area contributed by atoms with Crippen molar-refractivity contribution >= 4 is 45.9 Å². The Morgan fingerprint density at radius 2 is 1.41 bits per heavy atom. The molecule has 0 fully saturated rings. The predicted molar refractivity (Wildman–Crippen MR) is 120 cm³/mol. The summed E-state index contributed by atoms with van der Waals surface area (Å²) in [5, 5.41) is 9.38. The zero-order valence-electron chi connectivity index (χ0n) is 16.0. The molecule has 0 aliphatic carbocycles. The van der Waals surface area contributed by atoms with Crippen LogP contribution in [-0.4, -0.2) is 39.4 Å². The largest absolute Gasteiger partial charge is 0.439 e. The standard InChI is InChI=1S/C21H24N3OPS/c1-23(2)21-20(15-17(25-21)16-22-24(3)4)26(27,18-11-7-5-8-12-18)19-13-9-6-10-14-19/h5-16H,1-4H3. The summed E-state index contributed by atoms with van der Waals surface area (Å²) in [4.78, 5) is 1.98.